The molecule has 0 spiro atoms. The Labute approximate surface area is 164 Å². The molecule has 0 aliphatic carbocycles. The molecule has 1 unspecified atom stereocenters. The van der Waals surface area contributed by atoms with Gasteiger partial charge in [-0.15, -0.1) is 7.92 Å². The molecule has 142 valence electrons. The zero-order chi connectivity index (χ0) is 19.1. The van der Waals surface area contributed by atoms with Gasteiger partial charge in [-0.1, -0.05) is 12.1 Å². The summed E-state index contributed by atoms with van der Waals surface area (Å²) in [5, 5.41) is 0. The SMILES string of the molecule is Cc1ccn(C(C)CP(CCc2ccccn2)CCc2ccccn2)c1C. The lowest BCUT2D eigenvalue weighted by Crippen LogP contribution is -2.13. The summed E-state index contributed by atoms with van der Waals surface area (Å²) in [6, 6.07) is 15.2. The molecule has 0 radical (unpaired) electrons. The van der Waals surface area contributed by atoms with Gasteiger partial charge < -0.3 is 4.57 Å². The first-order valence-electron chi connectivity index (χ1n) is 9.79. The molecule has 0 saturated heterocycles. The predicted molar refractivity (Wildman–Crippen MR) is 116 cm³/mol. The molecule has 3 nitrogen and oxygen atoms in total. The van der Waals surface area contributed by atoms with Gasteiger partial charge in [-0.2, -0.15) is 0 Å². The smallest absolute Gasteiger partial charge is 0.0407 e. The van der Waals surface area contributed by atoms with Crippen LogP contribution in [0, 0.1) is 13.8 Å². The first-order valence-corrected chi connectivity index (χ1v) is 11.7. The van der Waals surface area contributed by atoms with Crippen LogP contribution in [0.1, 0.15) is 35.6 Å². The van der Waals surface area contributed by atoms with E-state index < -0.39 is 0 Å². The van der Waals surface area contributed by atoms with Crippen LogP contribution in [0.4, 0.5) is 0 Å². The Morgan fingerprint density at radius 2 is 1.48 bits per heavy atom. The summed E-state index contributed by atoms with van der Waals surface area (Å²) in [6.45, 7) is 6.79. The molecule has 3 aromatic rings. The molecule has 0 aliphatic heterocycles. The quantitative estimate of drug-likeness (QED) is 0.465. The first kappa shape index (κ1) is 19.8. The maximum Gasteiger partial charge on any atom is 0.0407 e. The van der Waals surface area contributed by atoms with Gasteiger partial charge in [0.25, 0.3) is 0 Å². The second-order valence-corrected chi connectivity index (χ2v) is 9.88. The zero-order valence-corrected chi connectivity index (χ0v) is 17.6. The first-order chi connectivity index (χ1) is 13.1. The highest BCUT2D eigenvalue weighted by Crippen LogP contribution is 2.40. The minimum atomic E-state index is -0.0750. The molecular weight excluding hydrogens is 349 g/mol. The number of hydrogen-bond donors (Lipinski definition) is 0. The molecular formula is C23H30N3P. The van der Waals surface area contributed by atoms with E-state index >= 15 is 0 Å². The van der Waals surface area contributed by atoms with E-state index in [4.69, 9.17) is 0 Å². The summed E-state index contributed by atoms with van der Waals surface area (Å²) < 4.78 is 2.45. The summed E-state index contributed by atoms with van der Waals surface area (Å²) in [5.74, 6) is 0. The summed E-state index contributed by atoms with van der Waals surface area (Å²) in [7, 11) is -0.0750. The summed E-state index contributed by atoms with van der Waals surface area (Å²) in [5.41, 5.74) is 5.20. The molecule has 0 fully saturated rings. The van der Waals surface area contributed by atoms with Crippen LogP contribution in [0.15, 0.2) is 61.1 Å². The van der Waals surface area contributed by atoms with Crippen molar-refractivity contribution >= 4 is 7.92 Å². The minimum Gasteiger partial charge on any atom is -0.348 e. The van der Waals surface area contributed by atoms with E-state index in [1.165, 1.54) is 41.1 Å². The fourth-order valence-corrected chi connectivity index (χ4v) is 6.10. The van der Waals surface area contributed by atoms with Crippen molar-refractivity contribution in [3.05, 3.63) is 83.7 Å². The molecule has 0 aromatic carbocycles. The van der Waals surface area contributed by atoms with Crippen LogP contribution < -0.4 is 0 Å². The van der Waals surface area contributed by atoms with E-state index in [1.807, 2.05) is 24.5 Å². The molecule has 0 amide bonds. The highest BCUT2D eigenvalue weighted by atomic mass is 31.1. The van der Waals surface area contributed by atoms with Crippen LogP contribution >= 0.6 is 7.92 Å². The highest BCUT2D eigenvalue weighted by molar-refractivity contribution is 7.57. The Hall–Kier alpha value is -1.99. The summed E-state index contributed by atoms with van der Waals surface area (Å²) in [4.78, 5) is 9.03. The molecule has 1 atom stereocenters. The van der Waals surface area contributed by atoms with Crippen LogP contribution in [-0.2, 0) is 12.8 Å². The highest BCUT2D eigenvalue weighted by Gasteiger charge is 2.16. The lowest BCUT2D eigenvalue weighted by Gasteiger charge is -2.24. The van der Waals surface area contributed by atoms with E-state index in [-0.39, 0.29) is 7.92 Å². The van der Waals surface area contributed by atoms with Crippen LogP contribution in [0.25, 0.3) is 0 Å². The lowest BCUT2D eigenvalue weighted by molar-refractivity contribution is 0.592. The third kappa shape index (κ3) is 5.74. The van der Waals surface area contributed by atoms with Crippen molar-refractivity contribution in [3.8, 4) is 0 Å². The lowest BCUT2D eigenvalue weighted by atomic mass is 10.3. The topological polar surface area (TPSA) is 30.7 Å². The van der Waals surface area contributed by atoms with Gasteiger partial charge in [-0.25, -0.2) is 0 Å². The van der Waals surface area contributed by atoms with Gasteiger partial charge in [-0.05, 0) is 88.0 Å². The van der Waals surface area contributed by atoms with Crippen molar-refractivity contribution < 1.29 is 0 Å². The Balaban J connectivity index is 1.65. The monoisotopic (exact) mass is 379 g/mol. The molecule has 3 rings (SSSR count). The normalized spacial score (nSPS) is 12.4. The van der Waals surface area contributed by atoms with Crippen LogP contribution in [0.3, 0.4) is 0 Å². The van der Waals surface area contributed by atoms with Crippen molar-refractivity contribution in [1.82, 2.24) is 14.5 Å². The molecule has 0 bridgehead atoms. The van der Waals surface area contributed by atoms with E-state index in [9.17, 15) is 0 Å². The average Bonchev–Trinajstić information content (AvgIpc) is 3.04. The molecule has 3 aromatic heterocycles. The van der Waals surface area contributed by atoms with E-state index in [0.29, 0.717) is 6.04 Å². The summed E-state index contributed by atoms with van der Waals surface area (Å²) in [6.07, 6.45) is 11.9. The third-order valence-corrected chi connectivity index (χ3v) is 8.02. The van der Waals surface area contributed by atoms with Crippen molar-refractivity contribution in [1.29, 1.82) is 0 Å². The second kappa shape index (κ2) is 9.80. The predicted octanol–water partition coefficient (Wildman–Crippen LogP) is 5.42. The average molecular weight is 379 g/mol. The van der Waals surface area contributed by atoms with E-state index in [2.05, 4.69) is 71.8 Å². The van der Waals surface area contributed by atoms with Crippen molar-refractivity contribution in [2.75, 3.05) is 18.5 Å². The molecule has 0 saturated carbocycles. The fraction of sp³-hybridized carbons (Fsp3) is 0.391. The second-order valence-electron chi connectivity index (χ2n) is 7.28. The maximum atomic E-state index is 4.52. The Morgan fingerprint density at radius 3 is 1.93 bits per heavy atom. The van der Waals surface area contributed by atoms with Gasteiger partial charge in [0.05, 0.1) is 0 Å². The van der Waals surface area contributed by atoms with Gasteiger partial charge in [0.2, 0.25) is 0 Å². The van der Waals surface area contributed by atoms with Crippen LogP contribution in [0.5, 0.6) is 0 Å². The number of pyridine rings is 2. The number of rotatable bonds is 9. The van der Waals surface area contributed by atoms with Gasteiger partial charge in [0, 0.05) is 41.7 Å². The molecule has 0 aliphatic rings. The Kier molecular flexibility index (Phi) is 7.18. The van der Waals surface area contributed by atoms with Crippen molar-refractivity contribution in [2.45, 2.75) is 39.7 Å². The van der Waals surface area contributed by atoms with Crippen LogP contribution in [0.2, 0.25) is 0 Å². The molecule has 3 heterocycles. The van der Waals surface area contributed by atoms with Crippen molar-refractivity contribution in [3.63, 3.8) is 0 Å². The molecule has 0 N–H and O–H groups in total. The number of nitrogens with zero attached hydrogens (tertiary/aromatic N) is 3. The van der Waals surface area contributed by atoms with Gasteiger partial charge in [-0.3, -0.25) is 9.97 Å². The Bertz CT molecular complexity index is 771. The molecule has 4 heteroatoms. The fourth-order valence-electron chi connectivity index (χ4n) is 3.50. The van der Waals surface area contributed by atoms with Gasteiger partial charge >= 0.3 is 0 Å². The largest absolute Gasteiger partial charge is 0.348 e. The minimum absolute atomic E-state index is 0.0750. The number of aryl methyl sites for hydroxylation is 3. The summed E-state index contributed by atoms with van der Waals surface area (Å²) >= 11 is 0. The number of hydrogen-bond acceptors (Lipinski definition) is 2. The molecule has 27 heavy (non-hydrogen) atoms. The zero-order valence-electron chi connectivity index (χ0n) is 16.7. The standard InChI is InChI=1S/C23H30N3P/c1-19-10-15-26(21(19)3)20(2)18-27(16-11-22-8-4-6-13-24-22)17-12-23-9-5-7-14-25-23/h4-10,13-15,20H,11-12,16-18H2,1-3H3. The van der Waals surface area contributed by atoms with E-state index in [0.717, 1.165) is 12.8 Å². The third-order valence-electron chi connectivity index (χ3n) is 5.26. The van der Waals surface area contributed by atoms with E-state index in [1.54, 1.807) is 0 Å². The van der Waals surface area contributed by atoms with Crippen molar-refractivity contribution in [2.24, 2.45) is 0 Å². The Morgan fingerprint density at radius 1 is 0.889 bits per heavy atom. The van der Waals surface area contributed by atoms with Gasteiger partial charge in [0.15, 0.2) is 0 Å². The van der Waals surface area contributed by atoms with Gasteiger partial charge in [0.1, 0.15) is 0 Å². The maximum absolute atomic E-state index is 4.52. The number of aromatic nitrogens is 3. The van der Waals surface area contributed by atoms with Crippen LogP contribution in [-0.4, -0.2) is 33.0 Å².